The van der Waals surface area contributed by atoms with E-state index >= 15 is 0 Å². The highest BCUT2D eigenvalue weighted by Gasteiger charge is 2.18. The predicted octanol–water partition coefficient (Wildman–Crippen LogP) is 4.16. The molecule has 0 aromatic heterocycles. The molecule has 0 saturated heterocycles. The van der Waals surface area contributed by atoms with Crippen molar-refractivity contribution >= 4 is 16.7 Å². The van der Waals surface area contributed by atoms with E-state index in [1.165, 1.54) is 6.07 Å². The number of carbonyl (C=O) groups is 1. The lowest BCUT2D eigenvalue weighted by Crippen LogP contribution is -2.22. The third kappa shape index (κ3) is 7.02. The summed E-state index contributed by atoms with van der Waals surface area (Å²) in [5.74, 6) is -1.14. The van der Waals surface area contributed by atoms with Gasteiger partial charge in [0.25, 0.3) is 0 Å². The minimum absolute atomic E-state index is 0.0153. The smallest absolute Gasteiger partial charge is 0.306 e. The lowest BCUT2D eigenvalue weighted by Gasteiger charge is -2.15. The summed E-state index contributed by atoms with van der Waals surface area (Å²) in [6.45, 7) is 0.815. The zero-order valence-electron chi connectivity index (χ0n) is 18.8. The van der Waals surface area contributed by atoms with Crippen LogP contribution in [0.25, 0.3) is 10.8 Å². The summed E-state index contributed by atoms with van der Waals surface area (Å²) >= 11 is 0. The van der Waals surface area contributed by atoms with Gasteiger partial charge in [0.05, 0.1) is 18.6 Å². The molecule has 3 aromatic carbocycles. The van der Waals surface area contributed by atoms with Crippen LogP contribution >= 0.6 is 0 Å². The number of hydrogen-bond donors (Lipinski definition) is 5. The van der Waals surface area contributed by atoms with Gasteiger partial charge < -0.3 is 25.7 Å². The Morgan fingerprint density at radius 3 is 2.52 bits per heavy atom. The second-order valence-electron chi connectivity index (χ2n) is 8.49. The average Bonchev–Trinajstić information content (AvgIpc) is 2.82. The van der Waals surface area contributed by atoms with Gasteiger partial charge >= 0.3 is 5.97 Å². The number of unbranched alkanes of at least 4 members (excludes halogenated alkanes) is 2. The van der Waals surface area contributed by atoms with Crippen molar-refractivity contribution < 1.29 is 25.2 Å². The van der Waals surface area contributed by atoms with Crippen LogP contribution in [0.15, 0.2) is 60.7 Å². The molecule has 0 spiro atoms. The molecule has 0 fully saturated rings. The quantitative estimate of drug-likeness (QED) is 0.250. The largest absolute Gasteiger partial charge is 0.508 e. The second kappa shape index (κ2) is 12.3. The highest BCUT2D eigenvalue weighted by Crippen LogP contribution is 2.24. The normalized spacial score (nSPS) is 13.2. The molecule has 6 nitrogen and oxygen atoms in total. The number of carboxylic acid groups (broad SMARTS) is 1. The fourth-order valence-corrected chi connectivity index (χ4v) is 4.16. The van der Waals surface area contributed by atoms with Gasteiger partial charge in [0.15, 0.2) is 0 Å². The van der Waals surface area contributed by atoms with Gasteiger partial charge in [-0.15, -0.1) is 0 Å². The second-order valence-corrected chi connectivity index (χ2v) is 8.49. The first-order valence-corrected chi connectivity index (χ1v) is 11.5. The standard InChI is InChI=1S/C27H33NO5/c29-18-23-16-21(12-13-25(23)30)26(31)17-28-14-5-1-2-8-22(27(32)33)15-20-10-6-9-19-7-3-4-11-24(19)20/h3-4,6-7,9-13,16,22,26,28-31H,1-2,5,8,14-15,17-18H2,(H,32,33). The Bertz CT molecular complexity index is 1050. The maximum atomic E-state index is 11.8. The fourth-order valence-electron chi connectivity index (χ4n) is 4.16. The number of carboxylic acids is 1. The molecule has 0 radical (unpaired) electrons. The van der Waals surface area contributed by atoms with Gasteiger partial charge in [0.1, 0.15) is 5.75 Å². The number of rotatable bonds is 13. The van der Waals surface area contributed by atoms with E-state index in [0.29, 0.717) is 30.5 Å². The van der Waals surface area contributed by atoms with Crippen molar-refractivity contribution in [2.24, 2.45) is 5.92 Å². The highest BCUT2D eigenvalue weighted by atomic mass is 16.4. The number of aliphatic hydroxyl groups excluding tert-OH is 2. The van der Waals surface area contributed by atoms with Crippen LogP contribution in [-0.4, -0.2) is 39.5 Å². The summed E-state index contributed by atoms with van der Waals surface area (Å²) in [5.41, 5.74) is 2.11. The maximum Gasteiger partial charge on any atom is 0.306 e. The topological polar surface area (TPSA) is 110 Å². The lowest BCUT2D eigenvalue weighted by molar-refractivity contribution is -0.142. The molecule has 5 N–H and O–H groups in total. The molecule has 33 heavy (non-hydrogen) atoms. The van der Waals surface area contributed by atoms with Gasteiger partial charge in [-0.2, -0.15) is 0 Å². The Hall–Kier alpha value is -2.93. The predicted molar refractivity (Wildman–Crippen MR) is 129 cm³/mol. The van der Waals surface area contributed by atoms with E-state index < -0.39 is 18.0 Å². The zero-order chi connectivity index (χ0) is 23.6. The Morgan fingerprint density at radius 1 is 0.939 bits per heavy atom. The first-order valence-electron chi connectivity index (χ1n) is 11.5. The molecule has 0 bridgehead atoms. The Kier molecular flexibility index (Phi) is 9.24. The van der Waals surface area contributed by atoms with Crippen LogP contribution in [0.4, 0.5) is 0 Å². The fraction of sp³-hybridized carbons (Fsp3) is 0.370. The van der Waals surface area contributed by atoms with Crippen LogP contribution in [0.1, 0.15) is 48.5 Å². The molecule has 3 rings (SSSR count). The van der Waals surface area contributed by atoms with Gasteiger partial charge in [0, 0.05) is 12.1 Å². The third-order valence-corrected chi connectivity index (χ3v) is 6.10. The zero-order valence-corrected chi connectivity index (χ0v) is 18.8. The molecule has 2 atom stereocenters. The third-order valence-electron chi connectivity index (χ3n) is 6.10. The molecule has 0 aliphatic heterocycles. The minimum atomic E-state index is -0.750. The number of hydrogen-bond acceptors (Lipinski definition) is 5. The van der Waals surface area contributed by atoms with E-state index in [4.69, 9.17) is 0 Å². The summed E-state index contributed by atoms with van der Waals surface area (Å²) < 4.78 is 0. The molecule has 0 aliphatic carbocycles. The number of benzene rings is 3. The molecule has 0 aliphatic rings. The monoisotopic (exact) mass is 451 g/mol. The van der Waals surface area contributed by atoms with Crippen molar-refractivity contribution in [2.45, 2.75) is 44.8 Å². The molecule has 0 saturated carbocycles. The first kappa shape index (κ1) is 24.7. The SMILES string of the molecule is O=C(O)C(CCCCCNCC(O)c1ccc(O)c(CO)c1)Cc1cccc2ccccc12. The maximum absolute atomic E-state index is 11.8. The van der Waals surface area contributed by atoms with E-state index in [1.807, 2.05) is 42.5 Å². The molecule has 176 valence electrons. The number of aliphatic hydroxyl groups is 2. The van der Waals surface area contributed by atoms with Crippen LogP contribution in [0.2, 0.25) is 0 Å². The van der Waals surface area contributed by atoms with Crippen molar-refractivity contribution in [3.63, 3.8) is 0 Å². The molecule has 0 amide bonds. The van der Waals surface area contributed by atoms with E-state index in [-0.39, 0.29) is 12.4 Å². The van der Waals surface area contributed by atoms with Gasteiger partial charge in [-0.25, -0.2) is 0 Å². The van der Waals surface area contributed by atoms with Crippen LogP contribution in [0.3, 0.4) is 0 Å². The van der Waals surface area contributed by atoms with Crippen molar-refractivity contribution in [1.82, 2.24) is 5.32 Å². The van der Waals surface area contributed by atoms with E-state index in [0.717, 1.165) is 42.1 Å². The molecule has 6 heteroatoms. The number of nitrogens with one attached hydrogen (secondary N) is 1. The Labute approximate surface area is 194 Å². The van der Waals surface area contributed by atoms with Crippen LogP contribution in [0, 0.1) is 5.92 Å². The average molecular weight is 452 g/mol. The Balaban J connectivity index is 1.39. The highest BCUT2D eigenvalue weighted by molar-refractivity contribution is 5.86. The number of aromatic hydroxyl groups is 1. The van der Waals surface area contributed by atoms with E-state index in [1.54, 1.807) is 12.1 Å². The summed E-state index contributed by atoms with van der Waals surface area (Å²) in [4.78, 5) is 11.8. The summed E-state index contributed by atoms with van der Waals surface area (Å²) in [6.07, 6.45) is 3.08. The van der Waals surface area contributed by atoms with Crippen molar-refractivity contribution in [2.75, 3.05) is 13.1 Å². The molecular weight excluding hydrogens is 418 g/mol. The van der Waals surface area contributed by atoms with Crippen molar-refractivity contribution in [3.05, 3.63) is 77.4 Å². The van der Waals surface area contributed by atoms with Gasteiger partial charge in [-0.3, -0.25) is 4.79 Å². The summed E-state index contributed by atoms with van der Waals surface area (Å²) in [6, 6.07) is 18.8. The molecule has 0 heterocycles. The van der Waals surface area contributed by atoms with Crippen LogP contribution in [-0.2, 0) is 17.8 Å². The summed E-state index contributed by atoms with van der Waals surface area (Å²) in [5, 5.41) is 44.3. The Morgan fingerprint density at radius 2 is 1.73 bits per heavy atom. The van der Waals surface area contributed by atoms with Crippen molar-refractivity contribution in [3.8, 4) is 5.75 Å². The van der Waals surface area contributed by atoms with Gasteiger partial charge in [0.2, 0.25) is 0 Å². The lowest BCUT2D eigenvalue weighted by atomic mass is 9.91. The van der Waals surface area contributed by atoms with Gasteiger partial charge in [-0.1, -0.05) is 61.4 Å². The van der Waals surface area contributed by atoms with Crippen LogP contribution in [0.5, 0.6) is 5.75 Å². The number of phenols is 1. The number of aliphatic carboxylic acids is 1. The van der Waals surface area contributed by atoms with E-state index in [2.05, 4.69) is 5.32 Å². The summed E-state index contributed by atoms with van der Waals surface area (Å²) in [7, 11) is 0. The number of fused-ring (bicyclic) bond motifs is 1. The van der Waals surface area contributed by atoms with Crippen molar-refractivity contribution in [1.29, 1.82) is 0 Å². The van der Waals surface area contributed by atoms with Gasteiger partial charge in [-0.05, 0) is 59.8 Å². The van der Waals surface area contributed by atoms with E-state index in [9.17, 15) is 25.2 Å². The molecule has 2 unspecified atom stereocenters. The molecular formula is C27H33NO5. The first-order chi connectivity index (χ1) is 16.0. The molecule has 3 aromatic rings. The minimum Gasteiger partial charge on any atom is -0.508 e. The van der Waals surface area contributed by atoms with Crippen LogP contribution < -0.4 is 5.32 Å².